The Morgan fingerprint density at radius 2 is 2.50 bits per heavy atom. The number of nitrogens with zero attached hydrogens (tertiary/aromatic N) is 1. The molecule has 2 atom stereocenters. The van der Waals surface area contributed by atoms with Crippen LogP contribution in [0.25, 0.3) is 0 Å². The fourth-order valence-corrected chi connectivity index (χ4v) is 5.18. The van der Waals surface area contributed by atoms with Crippen LogP contribution in [0.4, 0.5) is 0 Å². The standard InChI is InChI=1S/C11H17BrN2S2/c1-14(8-2-4-15-7-8)10(6-13)11-9(12)3-5-16-11/h3,5,8,10H,2,4,6-7,13H2,1H3. The molecule has 1 saturated heterocycles. The van der Waals surface area contributed by atoms with E-state index < -0.39 is 0 Å². The average Bonchev–Trinajstić information content (AvgIpc) is 2.91. The Labute approximate surface area is 114 Å². The largest absolute Gasteiger partial charge is 0.329 e. The third kappa shape index (κ3) is 2.64. The summed E-state index contributed by atoms with van der Waals surface area (Å²) < 4.78 is 1.20. The second kappa shape index (κ2) is 5.87. The van der Waals surface area contributed by atoms with Gasteiger partial charge >= 0.3 is 0 Å². The summed E-state index contributed by atoms with van der Waals surface area (Å²) in [6.45, 7) is 0.691. The normalized spacial score (nSPS) is 22.9. The summed E-state index contributed by atoms with van der Waals surface area (Å²) in [6, 6.07) is 3.16. The molecule has 2 N–H and O–H groups in total. The number of thiophene rings is 1. The zero-order valence-corrected chi connectivity index (χ0v) is 12.6. The van der Waals surface area contributed by atoms with Crippen LogP contribution in [0.3, 0.4) is 0 Å². The van der Waals surface area contributed by atoms with Gasteiger partial charge in [0, 0.05) is 27.7 Å². The van der Waals surface area contributed by atoms with Crippen LogP contribution in [0.1, 0.15) is 17.3 Å². The predicted molar refractivity (Wildman–Crippen MR) is 77.3 cm³/mol. The summed E-state index contributed by atoms with van der Waals surface area (Å²) in [5.74, 6) is 2.54. The fourth-order valence-electron chi connectivity index (χ4n) is 2.10. The zero-order valence-electron chi connectivity index (χ0n) is 9.36. The first-order valence-corrected chi connectivity index (χ1v) is 8.29. The van der Waals surface area contributed by atoms with E-state index in [4.69, 9.17) is 5.73 Å². The second-order valence-corrected chi connectivity index (χ2v) is 7.02. The van der Waals surface area contributed by atoms with E-state index in [0.29, 0.717) is 18.6 Å². The third-order valence-electron chi connectivity index (χ3n) is 3.14. The van der Waals surface area contributed by atoms with Crippen LogP contribution in [0.15, 0.2) is 15.9 Å². The fraction of sp³-hybridized carbons (Fsp3) is 0.636. The monoisotopic (exact) mass is 320 g/mol. The van der Waals surface area contributed by atoms with Gasteiger partial charge in [0.05, 0.1) is 6.04 Å². The van der Waals surface area contributed by atoms with Gasteiger partial charge < -0.3 is 5.73 Å². The van der Waals surface area contributed by atoms with Crippen molar-refractivity contribution in [2.75, 3.05) is 25.1 Å². The lowest BCUT2D eigenvalue weighted by atomic mass is 10.1. The van der Waals surface area contributed by atoms with Crippen molar-refractivity contribution in [3.63, 3.8) is 0 Å². The van der Waals surface area contributed by atoms with Gasteiger partial charge in [0.25, 0.3) is 0 Å². The highest BCUT2D eigenvalue weighted by atomic mass is 79.9. The Morgan fingerprint density at radius 1 is 1.69 bits per heavy atom. The first-order chi connectivity index (χ1) is 7.74. The minimum atomic E-state index is 0.359. The molecule has 0 spiro atoms. The Bertz CT molecular complexity index is 336. The number of rotatable bonds is 4. The maximum Gasteiger partial charge on any atom is 0.0575 e. The SMILES string of the molecule is CN(C1CCSC1)C(CN)c1sccc1Br. The van der Waals surface area contributed by atoms with Gasteiger partial charge in [-0.1, -0.05) is 0 Å². The molecule has 1 aromatic rings. The summed E-state index contributed by atoms with van der Waals surface area (Å²) in [4.78, 5) is 3.82. The maximum absolute atomic E-state index is 5.94. The molecule has 1 aromatic heterocycles. The number of halogens is 1. The van der Waals surface area contributed by atoms with E-state index >= 15 is 0 Å². The molecule has 0 bridgehead atoms. The molecule has 0 amide bonds. The molecule has 5 heteroatoms. The number of thioether (sulfide) groups is 1. The number of hydrogen-bond acceptors (Lipinski definition) is 4. The van der Waals surface area contributed by atoms with Crippen molar-refractivity contribution < 1.29 is 0 Å². The summed E-state index contributed by atoms with van der Waals surface area (Å²) in [7, 11) is 2.21. The quantitative estimate of drug-likeness (QED) is 0.924. The van der Waals surface area contributed by atoms with Crippen molar-refractivity contribution in [1.82, 2.24) is 4.90 Å². The third-order valence-corrected chi connectivity index (χ3v) is 6.26. The molecule has 1 aliphatic rings. The highest BCUT2D eigenvalue weighted by Crippen LogP contribution is 2.34. The van der Waals surface area contributed by atoms with E-state index in [1.54, 1.807) is 11.3 Å². The van der Waals surface area contributed by atoms with Crippen LogP contribution in [0.5, 0.6) is 0 Å². The highest BCUT2D eigenvalue weighted by molar-refractivity contribution is 9.10. The molecular weight excluding hydrogens is 304 g/mol. The smallest absolute Gasteiger partial charge is 0.0575 e. The molecule has 16 heavy (non-hydrogen) atoms. The van der Waals surface area contributed by atoms with Crippen LogP contribution in [-0.4, -0.2) is 36.0 Å². The molecule has 2 heterocycles. The van der Waals surface area contributed by atoms with E-state index in [2.05, 4.69) is 39.3 Å². The lowest BCUT2D eigenvalue weighted by Crippen LogP contribution is -2.38. The van der Waals surface area contributed by atoms with E-state index in [0.717, 1.165) is 0 Å². The van der Waals surface area contributed by atoms with Gasteiger partial charge in [-0.05, 0) is 46.6 Å². The molecule has 90 valence electrons. The van der Waals surface area contributed by atoms with Crippen LogP contribution in [0, 0.1) is 0 Å². The van der Waals surface area contributed by atoms with Crippen molar-refractivity contribution in [2.45, 2.75) is 18.5 Å². The minimum absolute atomic E-state index is 0.359. The Morgan fingerprint density at radius 3 is 3.00 bits per heavy atom. The molecule has 1 aliphatic heterocycles. The van der Waals surface area contributed by atoms with Crippen LogP contribution < -0.4 is 5.73 Å². The molecule has 0 aromatic carbocycles. The molecular formula is C11H17BrN2S2. The molecule has 0 saturated carbocycles. The van der Waals surface area contributed by atoms with Gasteiger partial charge in [-0.25, -0.2) is 0 Å². The molecule has 2 nitrogen and oxygen atoms in total. The van der Waals surface area contributed by atoms with Gasteiger partial charge in [0.2, 0.25) is 0 Å². The van der Waals surface area contributed by atoms with E-state index in [1.807, 2.05) is 11.8 Å². The summed E-state index contributed by atoms with van der Waals surface area (Å²) in [5, 5.41) is 2.12. The Kier molecular flexibility index (Phi) is 4.73. The van der Waals surface area contributed by atoms with Crippen molar-refractivity contribution in [3.8, 4) is 0 Å². The lowest BCUT2D eigenvalue weighted by molar-refractivity contribution is 0.195. The molecule has 0 radical (unpaired) electrons. The first-order valence-electron chi connectivity index (χ1n) is 5.46. The van der Waals surface area contributed by atoms with Gasteiger partial charge in [-0.3, -0.25) is 4.90 Å². The second-order valence-electron chi connectivity index (χ2n) is 4.07. The predicted octanol–water partition coefficient (Wildman–Crippen LogP) is 2.95. The van der Waals surface area contributed by atoms with Gasteiger partial charge in [-0.15, -0.1) is 11.3 Å². The highest BCUT2D eigenvalue weighted by Gasteiger charge is 2.27. The molecule has 2 unspecified atom stereocenters. The molecule has 2 rings (SSSR count). The lowest BCUT2D eigenvalue weighted by Gasteiger charge is -2.31. The Balaban J connectivity index is 2.12. The van der Waals surface area contributed by atoms with Crippen LogP contribution in [-0.2, 0) is 0 Å². The van der Waals surface area contributed by atoms with E-state index in [9.17, 15) is 0 Å². The van der Waals surface area contributed by atoms with Gasteiger partial charge in [-0.2, -0.15) is 11.8 Å². The van der Waals surface area contributed by atoms with Crippen molar-refractivity contribution in [2.24, 2.45) is 5.73 Å². The van der Waals surface area contributed by atoms with E-state index in [1.165, 1.54) is 27.3 Å². The Hall–Kier alpha value is 0.450. The van der Waals surface area contributed by atoms with Crippen molar-refractivity contribution >= 4 is 39.0 Å². The summed E-state index contributed by atoms with van der Waals surface area (Å²) in [6.07, 6.45) is 1.29. The van der Waals surface area contributed by atoms with Gasteiger partial charge in [0.15, 0.2) is 0 Å². The van der Waals surface area contributed by atoms with Gasteiger partial charge in [0.1, 0.15) is 0 Å². The average molecular weight is 321 g/mol. The van der Waals surface area contributed by atoms with Crippen LogP contribution in [0.2, 0.25) is 0 Å². The topological polar surface area (TPSA) is 29.3 Å². The summed E-state index contributed by atoms with van der Waals surface area (Å²) >= 11 is 7.45. The zero-order chi connectivity index (χ0) is 11.5. The number of hydrogen-bond donors (Lipinski definition) is 1. The first kappa shape index (κ1) is 12.9. The number of nitrogens with two attached hydrogens (primary N) is 1. The van der Waals surface area contributed by atoms with E-state index in [-0.39, 0.29) is 0 Å². The summed E-state index contributed by atoms with van der Waals surface area (Å²) in [5.41, 5.74) is 5.94. The minimum Gasteiger partial charge on any atom is -0.329 e. The van der Waals surface area contributed by atoms with Crippen molar-refractivity contribution in [1.29, 1.82) is 0 Å². The molecule has 0 aliphatic carbocycles. The molecule has 1 fully saturated rings. The maximum atomic E-state index is 5.94. The van der Waals surface area contributed by atoms with Crippen molar-refractivity contribution in [3.05, 3.63) is 20.8 Å². The van der Waals surface area contributed by atoms with Crippen LogP contribution >= 0.6 is 39.0 Å². The number of likely N-dealkylation sites (N-methyl/N-ethyl adjacent to an activating group) is 1.